The molecule has 5 heteroatoms. The van der Waals surface area contributed by atoms with E-state index in [1.165, 1.54) is 12.8 Å². The van der Waals surface area contributed by atoms with Crippen molar-refractivity contribution in [1.82, 2.24) is 9.78 Å². The highest BCUT2D eigenvalue weighted by molar-refractivity contribution is 5.84. The van der Waals surface area contributed by atoms with Gasteiger partial charge in [0.15, 0.2) is 0 Å². The molecule has 1 fully saturated rings. The Hall–Kier alpha value is -1.91. The van der Waals surface area contributed by atoms with E-state index in [0.717, 1.165) is 29.4 Å². The molecule has 1 aromatic heterocycles. The third-order valence-electron chi connectivity index (χ3n) is 3.36. The molecule has 1 aliphatic rings. The van der Waals surface area contributed by atoms with Crippen LogP contribution in [-0.4, -0.2) is 14.7 Å². The first kappa shape index (κ1) is 11.2. The summed E-state index contributed by atoms with van der Waals surface area (Å²) in [5.41, 5.74) is 2.17. The Bertz CT molecular complexity index is 614. The maximum Gasteiger partial charge on any atom is 0.270 e. The van der Waals surface area contributed by atoms with Crippen LogP contribution < -0.4 is 0 Å². The molecule has 0 spiro atoms. The van der Waals surface area contributed by atoms with Crippen LogP contribution in [0.25, 0.3) is 10.9 Å². The van der Waals surface area contributed by atoms with Crippen LogP contribution in [0.5, 0.6) is 0 Å². The van der Waals surface area contributed by atoms with Crippen LogP contribution in [0.3, 0.4) is 0 Å². The van der Waals surface area contributed by atoms with Crippen LogP contribution in [0.1, 0.15) is 37.9 Å². The summed E-state index contributed by atoms with van der Waals surface area (Å²) in [6.45, 7) is 2.10. The summed E-state index contributed by atoms with van der Waals surface area (Å²) >= 11 is 0. The van der Waals surface area contributed by atoms with Gasteiger partial charge in [-0.15, -0.1) is 0 Å². The fourth-order valence-corrected chi connectivity index (χ4v) is 2.33. The maximum atomic E-state index is 10.8. The van der Waals surface area contributed by atoms with Crippen molar-refractivity contribution in [2.24, 2.45) is 0 Å². The molecule has 0 saturated heterocycles. The highest BCUT2D eigenvalue weighted by atomic mass is 16.6. The number of fused-ring (bicyclic) bond motifs is 1. The standard InChI is InChI=1S/C13H15N3O2/c1-2-3-12-11-8-10(16(17)18)6-7-13(11)15(14-12)9-4-5-9/h6-9H,2-5H2,1H3. The van der Waals surface area contributed by atoms with Crippen LogP contribution >= 0.6 is 0 Å². The lowest BCUT2D eigenvalue weighted by molar-refractivity contribution is -0.384. The highest BCUT2D eigenvalue weighted by Gasteiger charge is 2.27. The predicted octanol–water partition coefficient (Wildman–Crippen LogP) is 3.23. The number of aromatic nitrogens is 2. The molecule has 0 unspecified atom stereocenters. The van der Waals surface area contributed by atoms with Crippen molar-refractivity contribution in [2.75, 3.05) is 0 Å². The Morgan fingerprint density at radius 3 is 2.89 bits per heavy atom. The van der Waals surface area contributed by atoms with Gasteiger partial charge >= 0.3 is 0 Å². The van der Waals surface area contributed by atoms with Crippen molar-refractivity contribution < 1.29 is 4.92 Å². The van der Waals surface area contributed by atoms with Gasteiger partial charge in [0.2, 0.25) is 0 Å². The Morgan fingerprint density at radius 2 is 2.28 bits per heavy atom. The topological polar surface area (TPSA) is 61.0 Å². The van der Waals surface area contributed by atoms with Gasteiger partial charge < -0.3 is 0 Å². The predicted molar refractivity (Wildman–Crippen MR) is 68.7 cm³/mol. The maximum absolute atomic E-state index is 10.8. The summed E-state index contributed by atoms with van der Waals surface area (Å²) in [6, 6.07) is 5.56. The zero-order valence-corrected chi connectivity index (χ0v) is 10.3. The van der Waals surface area contributed by atoms with Gasteiger partial charge in [0.1, 0.15) is 0 Å². The minimum absolute atomic E-state index is 0.148. The summed E-state index contributed by atoms with van der Waals surface area (Å²) in [5.74, 6) is 0. The number of nitro benzene ring substituents is 1. The smallest absolute Gasteiger partial charge is 0.262 e. The van der Waals surface area contributed by atoms with Gasteiger partial charge in [0, 0.05) is 17.5 Å². The molecule has 0 radical (unpaired) electrons. The van der Waals surface area contributed by atoms with Gasteiger partial charge in [-0.05, 0) is 25.3 Å². The molecule has 1 aliphatic carbocycles. The zero-order chi connectivity index (χ0) is 12.7. The molecule has 0 N–H and O–H groups in total. The molecule has 5 nitrogen and oxygen atoms in total. The molecule has 1 heterocycles. The summed E-state index contributed by atoms with van der Waals surface area (Å²) in [6.07, 6.45) is 4.20. The number of rotatable bonds is 4. The number of non-ortho nitro benzene ring substituents is 1. The van der Waals surface area contributed by atoms with E-state index in [1.54, 1.807) is 12.1 Å². The van der Waals surface area contributed by atoms with Crippen molar-refractivity contribution in [2.45, 2.75) is 38.6 Å². The van der Waals surface area contributed by atoms with Crippen LogP contribution in [0.4, 0.5) is 5.69 Å². The SMILES string of the molecule is CCCc1nn(C2CC2)c2ccc([N+](=O)[O-])cc12. The van der Waals surface area contributed by atoms with E-state index in [2.05, 4.69) is 12.0 Å². The van der Waals surface area contributed by atoms with Crippen molar-refractivity contribution in [1.29, 1.82) is 0 Å². The van der Waals surface area contributed by atoms with E-state index in [4.69, 9.17) is 0 Å². The first-order chi connectivity index (χ1) is 8.70. The Balaban J connectivity index is 2.18. The summed E-state index contributed by atoms with van der Waals surface area (Å²) in [5, 5.41) is 16.4. The number of nitro groups is 1. The van der Waals surface area contributed by atoms with Crippen molar-refractivity contribution in [3.63, 3.8) is 0 Å². The number of benzene rings is 1. The molecular weight excluding hydrogens is 230 g/mol. The van der Waals surface area contributed by atoms with E-state index < -0.39 is 0 Å². The van der Waals surface area contributed by atoms with Crippen LogP contribution in [0.15, 0.2) is 18.2 Å². The fraction of sp³-hybridized carbons (Fsp3) is 0.462. The van der Waals surface area contributed by atoms with Crippen LogP contribution in [0, 0.1) is 10.1 Å². The minimum atomic E-state index is -0.344. The monoisotopic (exact) mass is 245 g/mol. The van der Waals surface area contributed by atoms with Gasteiger partial charge in [0.25, 0.3) is 5.69 Å². The molecule has 1 aromatic carbocycles. The van der Waals surface area contributed by atoms with Crippen molar-refractivity contribution in [3.05, 3.63) is 34.0 Å². The Kier molecular flexibility index (Phi) is 2.54. The van der Waals surface area contributed by atoms with Gasteiger partial charge in [-0.1, -0.05) is 13.3 Å². The molecule has 2 aromatic rings. The Morgan fingerprint density at radius 1 is 1.50 bits per heavy atom. The third-order valence-corrected chi connectivity index (χ3v) is 3.36. The minimum Gasteiger partial charge on any atom is -0.262 e. The van der Waals surface area contributed by atoms with Gasteiger partial charge in [-0.25, -0.2) is 0 Å². The van der Waals surface area contributed by atoms with E-state index in [1.807, 2.05) is 10.7 Å². The lowest BCUT2D eigenvalue weighted by Crippen LogP contribution is -1.96. The first-order valence-electron chi connectivity index (χ1n) is 6.36. The molecule has 1 saturated carbocycles. The summed E-state index contributed by atoms with van der Waals surface area (Å²) in [7, 11) is 0. The average Bonchev–Trinajstić information content (AvgIpc) is 3.13. The normalized spacial score (nSPS) is 15.2. The number of hydrogen-bond acceptors (Lipinski definition) is 3. The quantitative estimate of drug-likeness (QED) is 0.613. The highest BCUT2D eigenvalue weighted by Crippen LogP contribution is 2.38. The van der Waals surface area contributed by atoms with Crippen LogP contribution in [0.2, 0.25) is 0 Å². The van der Waals surface area contributed by atoms with Crippen molar-refractivity contribution in [3.8, 4) is 0 Å². The molecule has 0 amide bonds. The molecule has 0 bridgehead atoms. The first-order valence-corrected chi connectivity index (χ1v) is 6.36. The second kappa shape index (κ2) is 4.08. The second-order valence-electron chi connectivity index (χ2n) is 4.83. The molecule has 3 rings (SSSR count). The van der Waals surface area contributed by atoms with E-state index in [0.29, 0.717) is 6.04 Å². The zero-order valence-electron chi connectivity index (χ0n) is 10.3. The molecule has 18 heavy (non-hydrogen) atoms. The number of nitrogens with zero attached hydrogens (tertiary/aromatic N) is 3. The van der Waals surface area contributed by atoms with E-state index >= 15 is 0 Å². The molecule has 0 aliphatic heterocycles. The lowest BCUT2D eigenvalue weighted by Gasteiger charge is -1.98. The third kappa shape index (κ3) is 1.75. The van der Waals surface area contributed by atoms with Crippen LogP contribution in [-0.2, 0) is 6.42 Å². The molecule has 0 atom stereocenters. The summed E-state index contributed by atoms with van der Waals surface area (Å²) < 4.78 is 2.05. The van der Waals surface area contributed by atoms with E-state index in [9.17, 15) is 10.1 Å². The molecular formula is C13H15N3O2. The largest absolute Gasteiger partial charge is 0.270 e. The number of hydrogen-bond donors (Lipinski definition) is 0. The number of aryl methyl sites for hydroxylation is 1. The van der Waals surface area contributed by atoms with Gasteiger partial charge in [-0.2, -0.15) is 5.10 Å². The van der Waals surface area contributed by atoms with Gasteiger partial charge in [-0.3, -0.25) is 14.8 Å². The summed E-state index contributed by atoms with van der Waals surface area (Å²) in [4.78, 5) is 10.5. The fourth-order valence-electron chi connectivity index (χ4n) is 2.33. The Labute approximate surface area is 105 Å². The van der Waals surface area contributed by atoms with Gasteiger partial charge in [0.05, 0.1) is 22.2 Å². The lowest BCUT2D eigenvalue weighted by atomic mass is 10.1. The second-order valence-corrected chi connectivity index (χ2v) is 4.83. The van der Waals surface area contributed by atoms with Crippen molar-refractivity contribution >= 4 is 16.6 Å². The average molecular weight is 245 g/mol. The van der Waals surface area contributed by atoms with E-state index in [-0.39, 0.29) is 10.6 Å². The molecule has 94 valence electrons.